The highest BCUT2D eigenvalue weighted by Gasteiger charge is 2.49. The first kappa shape index (κ1) is 15.3. The zero-order valence-corrected chi connectivity index (χ0v) is 13.5. The van der Waals surface area contributed by atoms with E-state index in [0.717, 1.165) is 38.8 Å². The van der Waals surface area contributed by atoms with Gasteiger partial charge in [0.2, 0.25) is 0 Å². The molecule has 0 aromatic heterocycles. The van der Waals surface area contributed by atoms with E-state index in [1.54, 1.807) is 0 Å². The van der Waals surface area contributed by atoms with Gasteiger partial charge in [-0.15, -0.1) is 0 Å². The highest BCUT2D eigenvalue weighted by atomic mass is 16.5. The number of rotatable bonds is 5. The van der Waals surface area contributed by atoms with E-state index in [1.807, 2.05) is 0 Å². The van der Waals surface area contributed by atoms with Crippen molar-refractivity contribution in [3.05, 3.63) is 0 Å². The molecule has 19 heavy (non-hydrogen) atoms. The molecule has 112 valence electrons. The number of nitrogens with zero attached hydrogens (tertiary/aromatic N) is 1. The fraction of sp³-hybridized carbons (Fsp3) is 1.00. The summed E-state index contributed by atoms with van der Waals surface area (Å²) in [7, 11) is 0. The Hall–Kier alpha value is -0.120. The standard InChI is InChI=1S/C16H32N2O/c1-6-19-10-9-18-11-14(15(2,3)4)17-12-16(18,5)13-7-8-13/h13-14,17H,6-12H2,1-5H3. The Kier molecular flexibility index (Phi) is 4.59. The summed E-state index contributed by atoms with van der Waals surface area (Å²) >= 11 is 0. The average Bonchev–Trinajstić information content (AvgIpc) is 3.14. The maximum absolute atomic E-state index is 5.59. The van der Waals surface area contributed by atoms with E-state index in [0.29, 0.717) is 17.0 Å². The summed E-state index contributed by atoms with van der Waals surface area (Å²) in [5.74, 6) is 0.891. The van der Waals surface area contributed by atoms with Crippen molar-refractivity contribution in [3.63, 3.8) is 0 Å². The minimum atomic E-state index is 0.328. The van der Waals surface area contributed by atoms with Crippen molar-refractivity contribution in [3.8, 4) is 0 Å². The zero-order valence-electron chi connectivity index (χ0n) is 13.5. The van der Waals surface area contributed by atoms with Gasteiger partial charge < -0.3 is 10.1 Å². The van der Waals surface area contributed by atoms with Gasteiger partial charge in [0, 0.05) is 37.8 Å². The Bertz CT molecular complexity index is 296. The van der Waals surface area contributed by atoms with Gasteiger partial charge in [0.25, 0.3) is 0 Å². The minimum absolute atomic E-state index is 0.328. The molecule has 2 fully saturated rings. The van der Waals surface area contributed by atoms with Gasteiger partial charge in [-0.3, -0.25) is 4.90 Å². The summed E-state index contributed by atoms with van der Waals surface area (Å²) in [6, 6.07) is 0.584. The molecule has 0 aromatic carbocycles. The molecule has 1 aliphatic heterocycles. The van der Waals surface area contributed by atoms with Crippen LogP contribution in [0.4, 0.5) is 0 Å². The summed E-state index contributed by atoms with van der Waals surface area (Å²) in [4.78, 5) is 2.70. The Labute approximate surface area is 119 Å². The normalized spacial score (nSPS) is 33.6. The van der Waals surface area contributed by atoms with Crippen LogP contribution in [0, 0.1) is 11.3 Å². The van der Waals surface area contributed by atoms with Crippen LogP contribution in [0.15, 0.2) is 0 Å². The van der Waals surface area contributed by atoms with Crippen molar-refractivity contribution in [1.82, 2.24) is 10.2 Å². The Balaban J connectivity index is 2.01. The first-order chi connectivity index (χ1) is 8.88. The average molecular weight is 268 g/mol. The lowest BCUT2D eigenvalue weighted by Gasteiger charge is -2.51. The predicted molar refractivity (Wildman–Crippen MR) is 80.4 cm³/mol. The fourth-order valence-electron chi connectivity index (χ4n) is 3.29. The molecule has 2 aliphatic rings. The third-order valence-corrected chi connectivity index (χ3v) is 5.04. The number of hydrogen-bond acceptors (Lipinski definition) is 3. The fourth-order valence-corrected chi connectivity index (χ4v) is 3.29. The van der Waals surface area contributed by atoms with Gasteiger partial charge in [0.15, 0.2) is 0 Å². The monoisotopic (exact) mass is 268 g/mol. The molecule has 0 amide bonds. The smallest absolute Gasteiger partial charge is 0.0593 e. The molecule has 1 aliphatic carbocycles. The van der Waals surface area contributed by atoms with Crippen molar-refractivity contribution < 1.29 is 4.74 Å². The van der Waals surface area contributed by atoms with E-state index in [-0.39, 0.29) is 0 Å². The van der Waals surface area contributed by atoms with Crippen molar-refractivity contribution in [2.75, 3.05) is 32.8 Å². The van der Waals surface area contributed by atoms with Crippen molar-refractivity contribution in [2.45, 2.75) is 59.0 Å². The van der Waals surface area contributed by atoms with Crippen LogP contribution >= 0.6 is 0 Å². The van der Waals surface area contributed by atoms with Crippen molar-refractivity contribution in [1.29, 1.82) is 0 Å². The van der Waals surface area contributed by atoms with Gasteiger partial charge in [-0.25, -0.2) is 0 Å². The number of hydrogen-bond donors (Lipinski definition) is 1. The molecule has 0 aromatic rings. The third kappa shape index (κ3) is 3.50. The number of nitrogens with one attached hydrogen (secondary N) is 1. The number of ether oxygens (including phenoxy) is 1. The highest BCUT2D eigenvalue weighted by Crippen LogP contribution is 2.44. The van der Waals surface area contributed by atoms with Gasteiger partial charge in [-0.1, -0.05) is 20.8 Å². The molecule has 1 N–H and O–H groups in total. The van der Waals surface area contributed by atoms with Gasteiger partial charge in [-0.2, -0.15) is 0 Å². The quantitative estimate of drug-likeness (QED) is 0.775. The molecular weight excluding hydrogens is 236 g/mol. The van der Waals surface area contributed by atoms with Crippen LogP contribution in [0.5, 0.6) is 0 Å². The molecule has 1 heterocycles. The van der Waals surface area contributed by atoms with Crippen LogP contribution in [-0.4, -0.2) is 49.3 Å². The second-order valence-electron chi connectivity index (χ2n) is 7.57. The topological polar surface area (TPSA) is 24.5 Å². The Morgan fingerprint density at radius 1 is 1.32 bits per heavy atom. The maximum atomic E-state index is 5.59. The lowest BCUT2D eigenvalue weighted by Crippen LogP contribution is -2.67. The summed E-state index contributed by atoms with van der Waals surface area (Å²) in [6.45, 7) is 16.6. The summed E-state index contributed by atoms with van der Waals surface area (Å²) in [5, 5.41) is 3.81. The molecule has 1 saturated heterocycles. The second-order valence-corrected chi connectivity index (χ2v) is 7.57. The lowest BCUT2D eigenvalue weighted by atomic mass is 9.81. The molecule has 0 bridgehead atoms. The van der Waals surface area contributed by atoms with Crippen molar-refractivity contribution >= 4 is 0 Å². The van der Waals surface area contributed by atoms with Crippen molar-refractivity contribution in [2.24, 2.45) is 11.3 Å². The second kappa shape index (κ2) is 5.71. The van der Waals surface area contributed by atoms with Crippen LogP contribution in [0.25, 0.3) is 0 Å². The van der Waals surface area contributed by atoms with Crippen LogP contribution in [-0.2, 0) is 4.74 Å². The predicted octanol–water partition coefficient (Wildman–Crippen LogP) is 2.51. The van der Waals surface area contributed by atoms with Gasteiger partial charge >= 0.3 is 0 Å². The lowest BCUT2D eigenvalue weighted by molar-refractivity contribution is -0.00906. The molecule has 2 rings (SSSR count). The summed E-state index contributed by atoms with van der Waals surface area (Å²) in [6.07, 6.45) is 2.81. The summed E-state index contributed by atoms with van der Waals surface area (Å²) in [5.41, 5.74) is 0.674. The first-order valence-corrected chi connectivity index (χ1v) is 7.94. The van der Waals surface area contributed by atoms with E-state index >= 15 is 0 Å². The SMILES string of the molecule is CCOCCN1CC(C(C)(C)C)NCC1(C)C1CC1. The zero-order chi connectivity index (χ0) is 14.1. The molecule has 1 saturated carbocycles. The van der Waals surface area contributed by atoms with Crippen LogP contribution < -0.4 is 5.32 Å². The Morgan fingerprint density at radius 2 is 2.00 bits per heavy atom. The molecule has 2 atom stereocenters. The van der Waals surface area contributed by atoms with E-state index in [4.69, 9.17) is 4.74 Å². The highest BCUT2D eigenvalue weighted by molar-refractivity contribution is 5.06. The van der Waals surface area contributed by atoms with Gasteiger partial charge in [-0.05, 0) is 38.0 Å². The van der Waals surface area contributed by atoms with Crippen LogP contribution in [0.1, 0.15) is 47.5 Å². The molecule has 3 nitrogen and oxygen atoms in total. The van der Waals surface area contributed by atoms with E-state index in [9.17, 15) is 0 Å². The van der Waals surface area contributed by atoms with Crippen LogP contribution in [0.3, 0.4) is 0 Å². The minimum Gasteiger partial charge on any atom is -0.380 e. The summed E-state index contributed by atoms with van der Waals surface area (Å²) < 4.78 is 5.59. The van der Waals surface area contributed by atoms with Gasteiger partial charge in [0.05, 0.1) is 6.61 Å². The van der Waals surface area contributed by atoms with E-state index < -0.39 is 0 Å². The first-order valence-electron chi connectivity index (χ1n) is 7.94. The molecule has 0 spiro atoms. The maximum Gasteiger partial charge on any atom is 0.0593 e. The molecule has 2 unspecified atom stereocenters. The van der Waals surface area contributed by atoms with Gasteiger partial charge in [0.1, 0.15) is 0 Å². The Morgan fingerprint density at radius 3 is 2.53 bits per heavy atom. The largest absolute Gasteiger partial charge is 0.380 e. The molecule has 0 radical (unpaired) electrons. The number of piperazine rings is 1. The van der Waals surface area contributed by atoms with E-state index in [1.165, 1.54) is 12.8 Å². The van der Waals surface area contributed by atoms with Crippen LogP contribution in [0.2, 0.25) is 0 Å². The molecule has 3 heteroatoms. The van der Waals surface area contributed by atoms with E-state index in [2.05, 4.69) is 44.8 Å². The molecular formula is C16H32N2O. The third-order valence-electron chi connectivity index (χ3n) is 5.04.